The Morgan fingerprint density at radius 2 is 1.91 bits per heavy atom. The molecule has 0 aliphatic heterocycles. The van der Waals surface area contributed by atoms with Gasteiger partial charge < -0.3 is 4.52 Å². The maximum Gasteiger partial charge on any atom is 0.247 e. The zero-order chi connectivity index (χ0) is 17.5. The van der Waals surface area contributed by atoms with Gasteiger partial charge in [0.1, 0.15) is 4.75 Å². The van der Waals surface area contributed by atoms with Crippen molar-refractivity contribution in [1.82, 2.24) is 5.16 Å². The van der Waals surface area contributed by atoms with Gasteiger partial charge in [-0.1, -0.05) is 32.3 Å². The van der Waals surface area contributed by atoms with Crippen LogP contribution in [0.3, 0.4) is 0 Å². The number of rotatable bonds is 5. The molecule has 23 heavy (non-hydrogen) atoms. The molecular formula is C16H26N2O4S. The summed E-state index contributed by atoms with van der Waals surface area (Å²) in [6.07, 6.45) is 2.92. The lowest BCUT2D eigenvalue weighted by atomic mass is 9.87. The maximum absolute atomic E-state index is 12.5. The second-order valence-corrected chi connectivity index (χ2v) is 10.5. The highest BCUT2D eigenvalue weighted by Gasteiger charge is 2.43. The van der Waals surface area contributed by atoms with Crippen molar-refractivity contribution in [2.24, 2.45) is 5.92 Å². The zero-order valence-electron chi connectivity index (χ0n) is 14.5. The Labute approximate surface area is 137 Å². The number of carbonyl (C=O) groups excluding carboxylic acids is 1. The number of nitrogens with zero attached hydrogens (tertiary/aromatic N) is 1. The molecule has 0 atom stereocenters. The van der Waals surface area contributed by atoms with E-state index in [1.54, 1.807) is 6.07 Å². The van der Waals surface area contributed by atoms with E-state index < -0.39 is 20.5 Å². The van der Waals surface area contributed by atoms with Gasteiger partial charge in [0, 0.05) is 11.5 Å². The van der Waals surface area contributed by atoms with Gasteiger partial charge >= 0.3 is 0 Å². The van der Waals surface area contributed by atoms with Crippen LogP contribution >= 0.6 is 0 Å². The quantitative estimate of drug-likeness (QED) is 0.888. The Bertz CT molecular complexity index is 679. The molecule has 2 rings (SSSR count). The standard InChI is InChI=1S/C16H26N2O4S/c1-15(2,3)12-9-13(22-18-12)17-14(19)16(4,5)23(20,21)10-11-7-6-8-11/h9,11H,6-8,10H2,1-5H3,(H,17,19). The predicted octanol–water partition coefficient (Wildman–Crippen LogP) is 2.90. The number of sulfone groups is 1. The molecule has 0 saturated heterocycles. The summed E-state index contributed by atoms with van der Waals surface area (Å²) in [4.78, 5) is 12.4. The van der Waals surface area contributed by atoms with Gasteiger partial charge in [-0.25, -0.2) is 8.42 Å². The average molecular weight is 342 g/mol. The van der Waals surface area contributed by atoms with E-state index in [0.29, 0.717) is 5.69 Å². The Kier molecular flexibility index (Phi) is 4.63. The lowest BCUT2D eigenvalue weighted by molar-refractivity contribution is -0.118. The lowest BCUT2D eigenvalue weighted by Crippen LogP contribution is -2.47. The van der Waals surface area contributed by atoms with Crippen LogP contribution in [0, 0.1) is 5.92 Å². The Hall–Kier alpha value is -1.37. The van der Waals surface area contributed by atoms with E-state index in [4.69, 9.17) is 4.52 Å². The smallest absolute Gasteiger partial charge is 0.247 e. The highest BCUT2D eigenvalue weighted by molar-refractivity contribution is 7.93. The minimum absolute atomic E-state index is 0.0665. The highest BCUT2D eigenvalue weighted by Crippen LogP contribution is 2.32. The molecule has 130 valence electrons. The van der Waals surface area contributed by atoms with Crippen molar-refractivity contribution in [3.05, 3.63) is 11.8 Å². The summed E-state index contributed by atoms with van der Waals surface area (Å²) in [6.45, 7) is 8.81. The first-order valence-electron chi connectivity index (χ1n) is 7.94. The third-order valence-corrected chi connectivity index (χ3v) is 7.17. The molecule has 6 nitrogen and oxygen atoms in total. The Morgan fingerprint density at radius 3 is 2.35 bits per heavy atom. The van der Waals surface area contributed by atoms with Gasteiger partial charge in [-0.3, -0.25) is 10.1 Å². The van der Waals surface area contributed by atoms with Crippen molar-refractivity contribution in [1.29, 1.82) is 0 Å². The maximum atomic E-state index is 12.5. The summed E-state index contributed by atoms with van der Waals surface area (Å²) in [7, 11) is -3.53. The van der Waals surface area contributed by atoms with Crippen LogP contribution in [0.1, 0.15) is 59.6 Å². The first-order valence-corrected chi connectivity index (χ1v) is 9.59. The minimum atomic E-state index is -3.53. The number of hydrogen-bond acceptors (Lipinski definition) is 5. The SMILES string of the molecule is CC(C)(C)c1cc(NC(=O)C(C)(C)S(=O)(=O)CC2CCC2)on1. The molecule has 1 amide bonds. The van der Waals surface area contributed by atoms with Crippen LogP contribution in [0.2, 0.25) is 0 Å². The van der Waals surface area contributed by atoms with Gasteiger partial charge in [-0.05, 0) is 32.6 Å². The zero-order valence-corrected chi connectivity index (χ0v) is 15.3. The first-order chi connectivity index (χ1) is 10.4. The van der Waals surface area contributed by atoms with Crippen molar-refractivity contribution in [2.75, 3.05) is 11.1 Å². The summed E-state index contributed by atoms with van der Waals surface area (Å²) in [6, 6.07) is 1.63. The molecule has 1 aliphatic rings. The van der Waals surface area contributed by atoms with E-state index in [9.17, 15) is 13.2 Å². The van der Waals surface area contributed by atoms with Crippen molar-refractivity contribution in [3.63, 3.8) is 0 Å². The molecule has 1 aromatic rings. The highest BCUT2D eigenvalue weighted by atomic mass is 32.2. The van der Waals surface area contributed by atoms with Crippen molar-refractivity contribution < 1.29 is 17.7 Å². The molecule has 1 fully saturated rings. The summed E-state index contributed by atoms with van der Waals surface area (Å²) in [5, 5.41) is 6.46. The first kappa shape index (κ1) is 18.0. The monoisotopic (exact) mass is 342 g/mol. The normalized spacial score (nSPS) is 16.9. The van der Waals surface area contributed by atoms with Crippen LogP contribution in [-0.4, -0.2) is 30.0 Å². The Balaban J connectivity index is 2.10. The van der Waals surface area contributed by atoms with Crippen molar-refractivity contribution in [2.45, 2.75) is 64.0 Å². The average Bonchev–Trinajstić information content (AvgIpc) is 2.82. The van der Waals surface area contributed by atoms with E-state index >= 15 is 0 Å². The fourth-order valence-electron chi connectivity index (χ4n) is 2.27. The van der Waals surface area contributed by atoms with E-state index in [0.717, 1.165) is 19.3 Å². The fourth-order valence-corrected chi connectivity index (χ4v) is 3.97. The van der Waals surface area contributed by atoms with Gasteiger partial charge in [0.2, 0.25) is 11.8 Å². The number of nitrogens with one attached hydrogen (secondary N) is 1. The molecule has 1 N–H and O–H groups in total. The van der Waals surface area contributed by atoms with E-state index in [-0.39, 0.29) is 23.0 Å². The molecule has 0 aromatic carbocycles. The number of amides is 1. The van der Waals surface area contributed by atoms with Crippen molar-refractivity contribution in [3.8, 4) is 0 Å². The third kappa shape index (κ3) is 3.76. The van der Waals surface area contributed by atoms with Gasteiger partial charge in [0.05, 0.1) is 11.4 Å². The Morgan fingerprint density at radius 1 is 1.30 bits per heavy atom. The number of hydrogen-bond donors (Lipinski definition) is 1. The van der Waals surface area contributed by atoms with Crippen LogP contribution < -0.4 is 5.32 Å². The van der Waals surface area contributed by atoms with Crippen LogP contribution in [0.5, 0.6) is 0 Å². The molecule has 1 heterocycles. The molecule has 0 unspecified atom stereocenters. The van der Waals surface area contributed by atoms with Gasteiger partial charge in [0.15, 0.2) is 9.84 Å². The van der Waals surface area contributed by atoms with Crippen LogP contribution in [0.4, 0.5) is 5.88 Å². The van der Waals surface area contributed by atoms with Crippen molar-refractivity contribution >= 4 is 21.6 Å². The molecule has 0 spiro atoms. The molecular weight excluding hydrogens is 316 g/mol. The van der Waals surface area contributed by atoms with Gasteiger partial charge in [-0.15, -0.1) is 0 Å². The topological polar surface area (TPSA) is 89.3 Å². The molecule has 0 bridgehead atoms. The summed E-state index contributed by atoms with van der Waals surface area (Å²) in [5.41, 5.74) is 0.487. The summed E-state index contributed by atoms with van der Waals surface area (Å²) >= 11 is 0. The summed E-state index contributed by atoms with van der Waals surface area (Å²) in [5.74, 6) is -0.165. The lowest BCUT2D eigenvalue weighted by Gasteiger charge is -2.30. The number of carbonyl (C=O) groups is 1. The van der Waals surface area contributed by atoms with Gasteiger partial charge in [0.25, 0.3) is 0 Å². The largest absolute Gasteiger partial charge is 0.338 e. The minimum Gasteiger partial charge on any atom is -0.338 e. The fraction of sp³-hybridized carbons (Fsp3) is 0.750. The molecule has 0 radical (unpaired) electrons. The second-order valence-electron chi connectivity index (χ2n) is 7.87. The molecule has 1 saturated carbocycles. The molecule has 1 aromatic heterocycles. The van der Waals surface area contributed by atoms with E-state index in [2.05, 4.69) is 10.5 Å². The molecule has 7 heteroatoms. The third-order valence-electron chi connectivity index (χ3n) is 4.52. The van der Waals surface area contributed by atoms with Crippen LogP contribution in [-0.2, 0) is 20.0 Å². The number of aromatic nitrogens is 1. The van der Waals surface area contributed by atoms with E-state index in [1.165, 1.54) is 13.8 Å². The number of anilines is 1. The predicted molar refractivity (Wildman–Crippen MR) is 89.0 cm³/mol. The van der Waals surface area contributed by atoms with Crippen LogP contribution in [0.15, 0.2) is 10.6 Å². The van der Waals surface area contributed by atoms with Gasteiger partial charge in [-0.2, -0.15) is 0 Å². The van der Waals surface area contributed by atoms with Crippen LogP contribution in [0.25, 0.3) is 0 Å². The van der Waals surface area contributed by atoms with E-state index in [1.807, 2.05) is 20.8 Å². The molecule has 1 aliphatic carbocycles. The summed E-state index contributed by atoms with van der Waals surface area (Å²) < 4.78 is 28.7. The second kappa shape index (κ2) is 5.92.